The second kappa shape index (κ2) is 3.34. The number of cyclic esters (lactones) is 1. The van der Waals surface area contributed by atoms with E-state index in [9.17, 15) is 4.79 Å². The van der Waals surface area contributed by atoms with Gasteiger partial charge in [0.05, 0.1) is 13.2 Å². The van der Waals surface area contributed by atoms with Gasteiger partial charge in [-0.1, -0.05) is 0 Å². The number of hydrogen-bond acceptors (Lipinski definition) is 4. The maximum Gasteiger partial charge on any atom is 0.323 e. The number of imidazole rings is 1. The van der Waals surface area contributed by atoms with Gasteiger partial charge in [-0.25, -0.2) is 4.98 Å². The first-order chi connectivity index (χ1) is 7.34. The number of fused-ring (bicyclic) bond motifs is 1. The maximum atomic E-state index is 11.4. The molecule has 5 heteroatoms. The fraction of sp³-hybridized carbons (Fsp3) is 0.600. The zero-order chi connectivity index (χ0) is 10.3. The molecule has 1 aromatic rings. The molecule has 0 bridgehead atoms. The minimum atomic E-state index is -0.0741. The molecule has 0 spiro atoms. The zero-order valence-corrected chi connectivity index (χ0v) is 8.43. The molecule has 1 atom stereocenters. The van der Waals surface area contributed by atoms with E-state index in [1.807, 2.05) is 12.4 Å². The lowest BCUT2D eigenvalue weighted by atomic mass is 10.2. The Morgan fingerprint density at radius 2 is 2.40 bits per heavy atom. The zero-order valence-electron chi connectivity index (χ0n) is 8.43. The van der Waals surface area contributed by atoms with E-state index in [4.69, 9.17) is 4.74 Å². The molecule has 0 saturated carbocycles. The van der Waals surface area contributed by atoms with Crippen LogP contribution in [0.3, 0.4) is 0 Å². The Hall–Kier alpha value is -1.36. The third kappa shape index (κ3) is 1.43. The SMILES string of the molecule is O=C1OCC[C@@H]1N1CCn2ccnc2C1. The molecular formula is C10H13N3O2. The molecule has 0 N–H and O–H groups in total. The number of rotatable bonds is 1. The fourth-order valence-electron chi connectivity index (χ4n) is 2.28. The van der Waals surface area contributed by atoms with Crippen LogP contribution in [0.2, 0.25) is 0 Å². The summed E-state index contributed by atoms with van der Waals surface area (Å²) in [5, 5.41) is 0. The first-order valence-corrected chi connectivity index (χ1v) is 5.25. The smallest absolute Gasteiger partial charge is 0.323 e. The number of hydrogen-bond donors (Lipinski definition) is 0. The standard InChI is InChI=1S/C10H13N3O2/c14-10-8(1-6-15-10)13-5-4-12-3-2-11-9(12)7-13/h2-3,8H,1,4-7H2/t8-/m0/s1. The minimum absolute atomic E-state index is 0.0459. The highest BCUT2D eigenvalue weighted by atomic mass is 16.5. The van der Waals surface area contributed by atoms with Crippen molar-refractivity contribution in [3.05, 3.63) is 18.2 Å². The summed E-state index contributed by atoms with van der Waals surface area (Å²) in [5.41, 5.74) is 0. The lowest BCUT2D eigenvalue weighted by Gasteiger charge is -2.30. The molecule has 0 radical (unpaired) electrons. The molecule has 1 saturated heterocycles. The largest absolute Gasteiger partial charge is 0.464 e. The highest BCUT2D eigenvalue weighted by Crippen LogP contribution is 2.19. The normalized spacial score (nSPS) is 26.4. The summed E-state index contributed by atoms with van der Waals surface area (Å²) < 4.78 is 7.12. The molecule has 2 aliphatic rings. The van der Waals surface area contributed by atoms with Gasteiger partial charge in [0, 0.05) is 31.9 Å². The van der Waals surface area contributed by atoms with Crippen LogP contribution < -0.4 is 0 Å². The molecule has 3 rings (SSSR count). The Kier molecular flexibility index (Phi) is 1.98. The predicted molar refractivity (Wildman–Crippen MR) is 52.0 cm³/mol. The van der Waals surface area contributed by atoms with E-state index >= 15 is 0 Å². The molecule has 80 valence electrons. The molecule has 0 amide bonds. The van der Waals surface area contributed by atoms with Gasteiger partial charge in [-0.3, -0.25) is 9.69 Å². The van der Waals surface area contributed by atoms with Crippen LogP contribution in [0.25, 0.3) is 0 Å². The van der Waals surface area contributed by atoms with E-state index in [0.29, 0.717) is 6.61 Å². The highest BCUT2D eigenvalue weighted by molar-refractivity contribution is 5.77. The third-order valence-electron chi connectivity index (χ3n) is 3.12. The van der Waals surface area contributed by atoms with Gasteiger partial charge in [0.1, 0.15) is 11.9 Å². The van der Waals surface area contributed by atoms with Crippen LogP contribution in [0.4, 0.5) is 0 Å². The second-order valence-electron chi connectivity index (χ2n) is 3.98. The Balaban J connectivity index is 1.78. The van der Waals surface area contributed by atoms with Gasteiger partial charge in [-0.15, -0.1) is 0 Å². The summed E-state index contributed by atoms with van der Waals surface area (Å²) in [7, 11) is 0. The quantitative estimate of drug-likeness (QED) is 0.609. The van der Waals surface area contributed by atoms with Gasteiger partial charge in [-0.2, -0.15) is 0 Å². The molecular weight excluding hydrogens is 194 g/mol. The molecule has 0 unspecified atom stereocenters. The van der Waals surface area contributed by atoms with Crippen molar-refractivity contribution in [3.63, 3.8) is 0 Å². The molecule has 0 aliphatic carbocycles. The van der Waals surface area contributed by atoms with Crippen molar-refractivity contribution < 1.29 is 9.53 Å². The Bertz CT molecular complexity index is 388. The average Bonchev–Trinajstić information content (AvgIpc) is 2.84. The number of esters is 1. The monoisotopic (exact) mass is 207 g/mol. The minimum Gasteiger partial charge on any atom is -0.464 e. The summed E-state index contributed by atoms with van der Waals surface area (Å²) in [6.45, 7) is 3.14. The van der Waals surface area contributed by atoms with Crippen LogP contribution in [-0.4, -0.2) is 39.6 Å². The van der Waals surface area contributed by atoms with Gasteiger partial charge in [-0.05, 0) is 0 Å². The van der Waals surface area contributed by atoms with Crippen molar-refractivity contribution in [2.45, 2.75) is 25.6 Å². The van der Waals surface area contributed by atoms with E-state index in [1.165, 1.54) is 0 Å². The van der Waals surface area contributed by atoms with Crippen LogP contribution in [0.5, 0.6) is 0 Å². The van der Waals surface area contributed by atoms with Crippen molar-refractivity contribution in [1.29, 1.82) is 0 Å². The predicted octanol–water partition coefficient (Wildman–Crippen LogP) is 0.0142. The Morgan fingerprint density at radius 3 is 3.20 bits per heavy atom. The van der Waals surface area contributed by atoms with Crippen molar-refractivity contribution in [2.24, 2.45) is 0 Å². The van der Waals surface area contributed by atoms with Crippen LogP contribution >= 0.6 is 0 Å². The maximum absolute atomic E-state index is 11.4. The summed E-state index contributed by atoms with van der Waals surface area (Å²) >= 11 is 0. The molecule has 0 aromatic carbocycles. The number of aromatic nitrogens is 2. The van der Waals surface area contributed by atoms with E-state index in [0.717, 1.165) is 31.9 Å². The number of ether oxygens (including phenoxy) is 1. The summed E-state index contributed by atoms with van der Waals surface area (Å²) in [6.07, 6.45) is 4.62. The Labute approximate surface area is 87.6 Å². The van der Waals surface area contributed by atoms with E-state index < -0.39 is 0 Å². The lowest BCUT2D eigenvalue weighted by Crippen LogP contribution is -2.43. The molecule has 1 fully saturated rings. The van der Waals surface area contributed by atoms with Gasteiger partial charge in [0.25, 0.3) is 0 Å². The van der Waals surface area contributed by atoms with Crippen LogP contribution in [-0.2, 0) is 22.6 Å². The van der Waals surface area contributed by atoms with Gasteiger partial charge in [0.2, 0.25) is 0 Å². The topological polar surface area (TPSA) is 47.4 Å². The van der Waals surface area contributed by atoms with Crippen LogP contribution in [0, 0.1) is 0 Å². The molecule has 3 heterocycles. The Morgan fingerprint density at radius 1 is 1.47 bits per heavy atom. The van der Waals surface area contributed by atoms with Gasteiger partial charge < -0.3 is 9.30 Å². The van der Waals surface area contributed by atoms with Crippen molar-refractivity contribution in [3.8, 4) is 0 Å². The van der Waals surface area contributed by atoms with Gasteiger partial charge >= 0.3 is 5.97 Å². The summed E-state index contributed by atoms with van der Waals surface area (Å²) in [4.78, 5) is 17.9. The first kappa shape index (κ1) is 8.91. The van der Waals surface area contributed by atoms with Crippen molar-refractivity contribution >= 4 is 5.97 Å². The number of carbonyl (C=O) groups excluding carboxylic acids is 1. The van der Waals surface area contributed by atoms with E-state index in [1.54, 1.807) is 0 Å². The second-order valence-corrected chi connectivity index (χ2v) is 3.98. The summed E-state index contributed by atoms with van der Waals surface area (Å²) in [5.74, 6) is 0.968. The fourth-order valence-corrected chi connectivity index (χ4v) is 2.28. The first-order valence-electron chi connectivity index (χ1n) is 5.25. The molecule has 5 nitrogen and oxygen atoms in total. The molecule has 2 aliphatic heterocycles. The number of nitrogens with zero attached hydrogens (tertiary/aromatic N) is 3. The highest BCUT2D eigenvalue weighted by Gasteiger charge is 2.34. The molecule has 1 aromatic heterocycles. The van der Waals surface area contributed by atoms with Crippen LogP contribution in [0.1, 0.15) is 12.2 Å². The lowest BCUT2D eigenvalue weighted by molar-refractivity contribution is -0.142. The summed E-state index contributed by atoms with van der Waals surface area (Å²) in [6, 6.07) is -0.0459. The van der Waals surface area contributed by atoms with E-state index in [2.05, 4.69) is 14.5 Å². The average molecular weight is 207 g/mol. The third-order valence-corrected chi connectivity index (χ3v) is 3.12. The van der Waals surface area contributed by atoms with Gasteiger partial charge in [0.15, 0.2) is 0 Å². The van der Waals surface area contributed by atoms with E-state index in [-0.39, 0.29) is 12.0 Å². The van der Waals surface area contributed by atoms with Crippen molar-refractivity contribution in [2.75, 3.05) is 13.2 Å². The van der Waals surface area contributed by atoms with Crippen molar-refractivity contribution in [1.82, 2.24) is 14.5 Å². The number of carbonyl (C=O) groups is 1. The molecule has 15 heavy (non-hydrogen) atoms. The van der Waals surface area contributed by atoms with Crippen LogP contribution in [0.15, 0.2) is 12.4 Å².